The number of hydrogen-bond acceptors (Lipinski definition) is 5. The number of fused-ring (bicyclic) bond motifs is 1. The molecule has 1 aromatic carbocycles. The van der Waals surface area contributed by atoms with Gasteiger partial charge in [0.1, 0.15) is 0 Å². The lowest BCUT2D eigenvalue weighted by Gasteiger charge is -2.32. The summed E-state index contributed by atoms with van der Waals surface area (Å²) in [4.78, 5) is 51.5. The SMILES string of the molecule is CN(CC(=O)N1CCCC(C(=O)O)C1)C(=O)c1ccc2c(c1)NC(=O)CS2. The summed E-state index contributed by atoms with van der Waals surface area (Å²) in [5.74, 6) is -1.81. The summed E-state index contributed by atoms with van der Waals surface area (Å²) in [7, 11) is 1.53. The van der Waals surface area contributed by atoms with E-state index in [9.17, 15) is 19.2 Å². The molecule has 2 aliphatic heterocycles. The first-order chi connectivity index (χ1) is 12.8. The third-order valence-electron chi connectivity index (χ3n) is 4.70. The number of carboxylic acid groups (broad SMARTS) is 1. The van der Waals surface area contributed by atoms with Gasteiger partial charge < -0.3 is 20.2 Å². The van der Waals surface area contributed by atoms with Crippen LogP contribution in [0.4, 0.5) is 5.69 Å². The molecule has 0 aromatic heterocycles. The summed E-state index contributed by atoms with van der Waals surface area (Å²) in [6, 6.07) is 5.07. The highest BCUT2D eigenvalue weighted by molar-refractivity contribution is 8.00. The van der Waals surface area contributed by atoms with E-state index < -0.39 is 11.9 Å². The van der Waals surface area contributed by atoms with Gasteiger partial charge >= 0.3 is 5.97 Å². The number of nitrogens with one attached hydrogen (secondary N) is 1. The molecule has 2 N–H and O–H groups in total. The zero-order valence-corrected chi connectivity index (χ0v) is 15.8. The van der Waals surface area contributed by atoms with E-state index in [0.717, 1.165) is 4.90 Å². The van der Waals surface area contributed by atoms with E-state index in [1.807, 2.05) is 0 Å². The van der Waals surface area contributed by atoms with Crippen molar-refractivity contribution in [2.75, 3.05) is 37.8 Å². The van der Waals surface area contributed by atoms with Crippen LogP contribution in [0, 0.1) is 5.92 Å². The molecule has 0 spiro atoms. The Hall–Kier alpha value is -2.55. The number of likely N-dealkylation sites (N-methyl/N-ethyl adjacent to an activating group) is 1. The van der Waals surface area contributed by atoms with Gasteiger partial charge in [-0.25, -0.2) is 0 Å². The van der Waals surface area contributed by atoms with Crippen LogP contribution in [0.5, 0.6) is 0 Å². The molecule has 0 aliphatic carbocycles. The van der Waals surface area contributed by atoms with E-state index in [1.165, 1.54) is 28.6 Å². The molecular formula is C18H21N3O5S. The minimum atomic E-state index is -0.897. The third kappa shape index (κ3) is 4.41. The number of thioether (sulfide) groups is 1. The first kappa shape index (κ1) is 19.2. The summed E-state index contributed by atoms with van der Waals surface area (Å²) >= 11 is 1.41. The lowest BCUT2D eigenvalue weighted by Crippen LogP contribution is -2.46. The highest BCUT2D eigenvalue weighted by Crippen LogP contribution is 2.32. The van der Waals surface area contributed by atoms with Crippen LogP contribution in [0.1, 0.15) is 23.2 Å². The van der Waals surface area contributed by atoms with Crippen LogP contribution < -0.4 is 5.32 Å². The molecule has 27 heavy (non-hydrogen) atoms. The summed E-state index contributed by atoms with van der Waals surface area (Å²) in [6.45, 7) is 0.564. The summed E-state index contributed by atoms with van der Waals surface area (Å²) in [5, 5.41) is 11.9. The van der Waals surface area contributed by atoms with Crippen LogP contribution in [-0.2, 0) is 14.4 Å². The van der Waals surface area contributed by atoms with Crippen LogP contribution in [0.2, 0.25) is 0 Å². The van der Waals surface area contributed by atoms with E-state index in [0.29, 0.717) is 36.4 Å². The van der Waals surface area contributed by atoms with Crippen molar-refractivity contribution in [1.29, 1.82) is 0 Å². The number of likely N-dealkylation sites (tertiary alicyclic amines) is 1. The minimum Gasteiger partial charge on any atom is -0.481 e. The van der Waals surface area contributed by atoms with E-state index in [2.05, 4.69) is 5.32 Å². The maximum atomic E-state index is 12.6. The van der Waals surface area contributed by atoms with Crippen LogP contribution >= 0.6 is 11.8 Å². The quantitative estimate of drug-likeness (QED) is 0.797. The Bertz CT molecular complexity index is 797. The smallest absolute Gasteiger partial charge is 0.308 e. The fourth-order valence-electron chi connectivity index (χ4n) is 3.22. The zero-order valence-electron chi connectivity index (χ0n) is 14.9. The molecule has 1 saturated heterocycles. The number of carbonyl (C=O) groups excluding carboxylic acids is 3. The van der Waals surface area contributed by atoms with Crippen LogP contribution in [-0.4, -0.2) is 71.0 Å². The van der Waals surface area contributed by atoms with Gasteiger partial charge in [0.25, 0.3) is 5.91 Å². The maximum absolute atomic E-state index is 12.6. The molecule has 1 fully saturated rings. The Kier molecular flexibility index (Phi) is 5.69. The number of amides is 3. The number of carbonyl (C=O) groups is 4. The maximum Gasteiger partial charge on any atom is 0.308 e. The van der Waals surface area contributed by atoms with E-state index >= 15 is 0 Å². The lowest BCUT2D eigenvalue weighted by atomic mass is 9.98. The molecule has 1 unspecified atom stereocenters. The van der Waals surface area contributed by atoms with Gasteiger partial charge in [0.05, 0.1) is 23.9 Å². The molecule has 0 bridgehead atoms. The van der Waals surface area contributed by atoms with Crippen molar-refractivity contribution in [2.45, 2.75) is 17.7 Å². The molecular weight excluding hydrogens is 370 g/mol. The van der Waals surface area contributed by atoms with Crippen molar-refractivity contribution in [2.24, 2.45) is 5.92 Å². The number of nitrogens with zero attached hydrogens (tertiary/aromatic N) is 2. The second kappa shape index (κ2) is 7.99. The van der Waals surface area contributed by atoms with Crippen molar-refractivity contribution < 1.29 is 24.3 Å². The van der Waals surface area contributed by atoms with Gasteiger partial charge in [-0.3, -0.25) is 19.2 Å². The fraction of sp³-hybridized carbons (Fsp3) is 0.444. The van der Waals surface area contributed by atoms with Crippen molar-refractivity contribution in [1.82, 2.24) is 9.80 Å². The largest absolute Gasteiger partial charge is 0.481 e. The van der Waals surface area contributed by atoms with Crippen molar-refractivity contribution >= 4 is 41.1 Å². The second-order valence-corrected chi connectivity index (χ2v) is 7.74. The van der Waals surface area contributed by atoms with Gasteiger partial charge in [-0.05, 0) is 31.0 Å². The van der Waals surface area contributed by atoms with Gasteiger partial charge in [0.2, 0.25) is 11.8 Å². The van der Waals surface area contributed by atoms with E-state index in [-0.39, 0.29) is 30.8 Å². The topological polar surface area (TPSA) is 107 Å². The molecule has 9 heteroatoms. The first-order valence-electron chi connectivity index (χ1n) is 8.68. The number of anilines is 1. The fourth-order valence-corrected chi connectivity index (χ4v) is 4.00. The van der Waals surface area contributed by atoms with Gasteiger partial charge in [0, 0.05) is 30.6 Å². The molecule has 2 heterocycles. The van der Waals surface area contributed by atoms with Gasteiger partial charge in [-0.2, -0.15) is 0 Å². The number of hydrogen-bond donors (Lipinski definition) is 2. The summed E-state index contributed by atoms with van der Waals surface area (Å²) in [5.41, 5.74) is 0.982. The van der Waals surface area contributed by atoms with Crippen LogP contribution in [0.3, 0.4) is 0 Å². The Labute approximate surface area is 160 Å². The van der Waals surface area contributed by atoms with Gasteiger partial charge in [-0.15, -0.1) is 11.8 Å². The molecule has 0 radical (unpaired) electrons. The Balaban J connectivity index is 1.64. The summed E-state index contributed by atoms with van der Waals surface area (Å²) in [6.07, 6.45) is 1.20. The Morgan fingerprint density at radius 1 is 1.37 bits per heavy atom. The van der Waals surface area contributed by atoms with Crippen molar-refractivity contribution in [3.05, 3.63) is 23.8 Å². The normalized spacial score (nSPS) is 19.1. The van der Waals surface area contributed by atoms with Gasteiger partial charge in [0.15, 0.2) is 0 Å². The van der Waals surface area contributed by atoms with Crippen LogP contribution in [0.15, 0.2) is 23.1 Å². The number of rotatable bonds is 4. The van der Waals surface area contributed by atoms with E-state index in [1.54, 1.807) is 18.2 Å². The number of aliphatic carboxylic acids is 1. The molecule has 1 atom stereocenters. The number of benzene rings is 1. The molecule has 2 aliphatic rings. The molecule has 1 aromatic rings. The number of piperidine rings is 1. The molecule has 8 nitrogen and oxygen atoms in total. The highest BCUT2D eigenvalue weighted by Gasteiger charge is 2.29. The molecule has 3 rings (SSSR count). The second-order valence-electron chi connectivity index (χ2n) is 6.73. The highest BCUT2D eigenvalue weighted by atomic mass is 32.2. The van der Waals surface area contributed by atoms with Crippen molar-refractivity contribution in [3.8, 4) is 0 Å². The Morgan fingerprint density at radius 2 is 2.15 bits per heavy atom. The van der Waals surface area contributed by atoms with E-state index in [4.69, 9.17) is 5.11 Å². The molecule has 144 valence electrons. The average Bonchev–Trinajstić information content (AvgIpc) is 2.66. The Morgan fingerprint density at radius 3 is 2.89 bits per heavy atom. The van der Waals surface area contributed by atoms with Gasteiger partial charge in [-0.1, -0.05) is 0 Å². The monoisotopic (exact) mass is 391 g/mol. The lowest BCUT2D eigenvalue weighted by molar-refractivity contribution is -0.145. The van der Waals surface area contributed by atoms with Crippen molar-refractivity contribution in [3.63, 3.8) is 0 Å². The number of carboxylic acids is 1. The predicted octanol–water partition coefficient (Wildman–Crippen LogP) is 1.13. The average molecular weight is 391 g/mol. The third-order valence-corrected chi connectivity index (χ3v) is 5.78. The summed E-state index contributed by atoms with van der Waals surface area (Å²) < 4.78 is 0. The first-order valence-corrected chi connectivity index (χ1v) is 9.66. The molecule has 0 saturated carbocycles. The zero-order chi connectivity index (χ0) is 19.6. The predicted molar refractivity (Wildman–Crippen MR) is 99.7 cm³/mol. The minimum absolute atomic E-state index is 0.112. The standard InChI is InChI=1S/C18H21N3O5S/c1-20(9-16(23)21-6-2-3-12(8-21)18(25)26)17(24)11-4-5-14-13(7-11)19-15(22)10-27-14/h4-5,7,12H,2-3,6,8-10H2,1H3,(H,19,22)(H,25,26). The molecule has 3 amide bonds. The van der Waals surface area contributed by atoms with Crippen LogP contribution in [0.25, 0.3) is 0 Å².